The Kier molecular flexibility index (Phi) is 3.01. The van der Waals surface area contributed by atoms with Gasteiger partial charge in [0, 0.05) is 32.9 Å². The molecule has 2 aliphatic carbocycles. The lowest BCUT2D eigenvalue weighted by Crippen LogP contribution is -2.44. The van der Waals surface area contributed by atoms with E-state index in [0.717, 1.165) is 0 Å². The Bertz CT molecular complexity index is 1350. The number of fused-ring (bicyclic) bond motifs is 7. The Morgan fingerprint density at radius 1 is 0.690 bits per heavy atom. The summed E-state index contributed by atoms with van der Waals surface area (Å²) in [5, 5.41) is 3.50. The SMILES string of the molecule is O=C1C2=C(C(=O)c3ccccc31)C1(NC(=O)c3ccccc31)c1ccc(Cl)cc12. The van der Waals surface area contributed by atoms with E-state index in [2.05, 4.69) is 5.32 Å². The van der Waals surface area contributed by atoms with Gasteiger partial charge in [0.15, 0.2) is 11.6 Å². The first-order chi connectivity index (χ1) is 14.0. The highest BCUT2D eigenvalue weighted by atomic mass is 35.5. The van der Waals surface area contributed by atoms with Crippen LogP contribution in [0.4, 0.5) is 0 Å². The Labute approximate surface area is 170 Å². The summed E-state index contributed by atoms with van der Waals surface area (Å²) in [4.78, 5) is 40.0. The van der Waals surface area contributed by atoms with Crippen molar-refractivity contribution in [3.63, 3.8) is 0 Å². The van der Waals surface area contributed by atoms with Gasteiger partial charge in [-0.15, -0.1) is 0 Å². The minimum atomic E-state index is -1.19. The first-order valence-corrected chi connectivity index (χ1v) is 9.57. The van der Waals surface area contributed by atoms with Crippen LogP contribution in [-0.2, 0) is 5.54 Å². The van der Waals surface area contributed by atoms with E-state index in [1.807, 2.05) is 12.1 Å². The van der Waals surface area contributed by atoms with Gasteiger partial charge in [-0.05, 0) is 34.9 Å². The zero-order chi connectivity index (χ0) is 19.9. The molecule has 1 N–H and O–H groups in total. The van der Waals surface area contributed by atoms with Crippen molar-refractivity contribution in [1.82, 2.24) is 5.32 Å². The van der Waals surface area contributed by atoms with Crippen LogP contribution < -0.4 is 5.32 Å². The molecular formula is C24H12ClNO3. The lowest BCUT2D eigenvalue weighted by atomic mass is 9.75. The van der Waals surface area contributed by atoms with Crippen LogP contribution in [0.15, 0.2) is 72.3 Å². The molecule has 1 spiro atoms. The van der Waals surface area contributed by atoms with Crippen molar-refractivity contribution in [2.45, 2.75) is 5.54 Å². The average Bonchev–Trinajstić information content (AvgIpc) is 3.19. The minimum Gasteiger partial charge on any atom is -0.334 e. The van der Waals surface area contributed by atoms with Crippen molar-refractivity contribution in [2.75, 3.05) is 0 Å². The van der Waals surface area contributed by atoms with Crippen LogP contribution in [-0.4, -0.2) is 17.5 Å². The molecule has 0 aromatic heterocycles. The van der Waals surface area contributed by atoms with Gasteiger partial charge in [0.05, 0.1) is 0 Å². The number of hydrogen-bond donors (Lipinski definition) is 1. The van der Waals surface area contributed by atoms with Crippen molar-refractivity contribution < 1.29 is 14.4 Å². The van der Waals surface area contributed by atoms with Gasteiger partial charge in [0.1, 0.15) is 5.54 Å². The quantitative estimate of drug-likeness (QED) is 0.619. The van der Waals surface area contributed by atoms with Crippen LogP contribution >= 0.6 is 11.6 Å². The topological polar surface area (TPSA) is 63.2 Å². The van der Waals surface area contributed by atoms with E-state index < -0.39 is 5.54 Å². The van der Waals surface area contributed by atoms with E-state index in [1.54, 1.807) is 54.6 Å². The second-order valence-corrected chi connectivity index (χ2v) is 7.83. The van der Waals surface area contributed by atoms with Gasteiger partial charge in [0.2, 0.25) is 0 Å². The largest absolute Gasteiger partial charge is 0.334 e. The molecular weight excluding hydrogens is 386 g/mol. The van der Waals surface area contributed by atoms with E-state index in [1.165, 1.54) is 0 Å². The molecule has 1 atom stereocenters. The molecule has 0 saturated carbocycles. The van der Waals surface area contributed by atoms with Gasteiger partial charge < -0.3 is 5.32 Å². The molecule has 3 aromatic carbocycles. The molecule has 1 heterocycles. The third-order valence-corrected chi connectivity index (χ3v) is 6.26. The van der Waals surface area contributed by atoms with Crippen LogP contribution in [0.3, 0.4) is 0 Å². The van der Waals surface area contributed by atoms with Gasteiger partial charge in [-0.1, -0.05) is 60.1 Å². The maximum atomic E-state index is 13.7. The number of rotatable bonds is 0. The predicted octanol–water partition coefficient (Wildman–Crippen LogP) is 4.17. The van der Waals surface area contributed by atoms with E-state index in [9.17, 15) is 14.4 Å². The van der Waals surface area contributed by atoms with E-state index >= 15 is 0 Å². The fraction of sp³-hybridized carbons (Fsp3) is 0.0417. The number of carbonyl (C=O) groups excluding carboxylic acids is 3. The number of benzene rings is 3. The third kappa shape index (κ3) is 1.82. The summed E-state index contributed by atoms with van der Waals surface area (Å²) in [6.07, 6.45) is 0. The van der Waals surface area contributed by atoms with Gasteiger partial charge in [-0.25, -0.2) is 0 Å². The average molecular weight is 398 g/mol. The predicted molar refractivity (Wildman–Crippen MR) is 108 cm³/mol. The van der Waals surface area contributed by atoms with Crippen molar-refractivity contribution in [3.8, 4) is 0 Å². The smallest absolute Gasteiger partial charge is 0.252 e. The van der Waals surface area contributed by atoms with Gasteiger partial charge in [0.25, 0.3) is 5.91 Å². The molecule has 4 nitrogen and oxygen atoms in total. The number of nitrogens with one attached hydrogen (secondary N) is 1. The maximum Gasteiger partial charge on any atom is 0.252 e. The monoisotopic (exact) mass is 397 g/mol. The van der Waals surface area contributed by atoms with E-state index in [0.29, 0.717) is 49.5 Å². The van der Waals surface area contributed by atoms with Gasteiger partial charge >= 0.3 is 0 Å². The summed E-state index contributed by atoms with van der Waals surface area (Å²) in [5.41, 5.74) is 2.63. The molecule has 3 aliphatic rings. The standard InChI is InChI=1S/C24H12ClNO3/c25-12-9-10-18-16(11-12)19-20(22(28)14-6-2-1-5-13(14)21(19)27)24(18)17-8-4-3-7-15(17)23(29)26-24/h1-11H,(H,26,29). The number of halogens is 1. The third-order valence-electron chi connectivity index (χ3n) is 6.03. The highest BCUT2D eigenvalue weighted by Gasteiger charge is 2.57. The normalized spacial score (nSPS) is 21.1. The molecule has 5 heteroatoms. The molecule has 6 rings (SSSR count). The molecule has 0 fully saturated rings. The summed E-state index contributed by atoms with van der Waals surface area (Å²) >= 11 is 6.26. The molecule has 1 amide bonds. The fourth-order valence-corrected chi connectivity index (χ4v) is 5.07. The molecule has 138 valence electrons. The first-order valence-electron chi connectivity index (χ1n) is 9.19. The molecule has 3 aromatic rings. The number of amides is 1. The molecule has 1 aliphatic heterocycles. The summed E-state index contributed by atoms with van der Waals surface area (Å²) in [5.74, 6) is -0.747. The zero-order valence-corrected chi connectivity index (χ0v) is 15.7. The summed E-state index contributed by atoms with van der Waals surface area (Å²) < 4.78 is 0. The van der Waals surface area contributed by atoms with Gasteiger partial charge in [-0.2, -0.15) is 0 Å². The van der Waals surface area contributed by atoms with Gasteiger partial charge in [-0.3, -0.25) is 14.4 Å². The maximum absolute atomic E-state index is 13.7. The molecule has 0 saturated heterocycles. The van der Waals surface area contributed by atoms with Crippen LogP contribution in [0.2, 0.25) is 5.02 Å². The van der Waals surface area contributed by atoms with Crippen molar-refractivity contribution >= 4 is 34.6 Å². The summed E-state index contributed by atoms with van der Waals surface area (Å²) in [7, 11) is 0. The highest BCUT2D eigenvalue weighted by Crippen LogP contribution is 2.55. The molecule has 29 heavy (non-hydrogen) atoms. The first kappa shape index (κ1) is 16.5. The number of ketones is 2. The van der Waals surface area contributed by atoms with Crippen molar-refractivity contribution in [3.05, 3.63) is 111 Å². The fourth-order valence-electron chi connectivity index (χ4n) is 4.90. The summed E-state index contributed by atoms with van der Waals surface area (Å²) in [6, 6.07) is 19.2. The Morgan fingerprint density at radius 3 is 2.07 bits per heavy atom. The molecule has 0 radical (unpaired) electrons. The molecule has 1 unspecified atom stereocenters. The number of allylic oxidation sites excluding steroid dienone is 1. The van der Waals surface area contributed by atoms with Crippen molar-refractivity contribution in [1.29, 1.82) is 0 Å². The second-order valence-electron chi connectivity index (χ2n) is 7.39. The highest BCUT2D eigenvalue weighted by molar-refractivity contribution is 6.43. The second kappa shape index (κ2) is 5.31. The lowest BCUT2D eigenvalue weighted by Gasteiger charge is -2.31. The van der Waals surface area contributed by atoms with Crippen molar-refractivity contribution in [2.24, 2.45) is 0 Å². The number of hydrogen-bond acceptors (Lipinski definition) is 3. The lowest BCUT2D eigenvalue weighted by molar-refractivity contribution is 0.0934. The van der Waals surface area contributed by atoms with E-state index in [4.69, 9.17) is 11.6 Å². The zero-order valence-electron chi connectivity index (χ0n) is 15.0. The van der Waals surface area contributed by atoms with Crippen LogP contribution in [0.25, 0.3) is 5.57 Å². The number of Topliss-reactive ketones (excluding diaryl/α,β-unsaturated/α-hetero) is 2. The van der Waals surface area contributed by atoms with Crippen LogP contribution in [0.5, 0.6) is 0 Å². The summed E-state index contributed by atoms with van der Waals surface area (Å²) in [6.45, 7) is 0. The van der Waals surface area contributed by atoms with Crippen LogP contribution in [0, 0.1) is 0 Å². The minimum absolute atomic E-state index is 0.228. The molecule has 0 bridgehead atoms. The van der Waals surface area contributed by atoms with E-state index in [-0.39, 0.29) is 17.5 Å². The van der Waals surface area contributed by atoms with Crippen LogP contribution in [0.1, 0.15) is 47.8 Å². The number of carbonyl (C=O) groups is 3. The Hall–Kier alpha value is -3.50. The Morgan fingerprint density at radius 2 is 1.31 bits per heavy atom. The Balaban J connectivity index is 1.77.